The monoisotopic (exact) mass is 349 g/mol. The number of nitrogens with zero attached hydrogens (tertiary/aromatic N) is 3. The number of piperidine rings is 1. The topological polar surface area (TPSA) is 108 Å². The number of fused-ring (bicyclic) bond motifs is 1. The van der Waals surface area contributed by atoms with Crippen LogP contribution in [0.5, 0.6) is 0 Å². The molecule has 2 fully saturated rings. The lowest BCUT2D eigenvalue weighted by Gasteiger charge is -2.31. The lowest BCUT2D eigenvalue weighted by atomic mass is 10.1. The highest BCUT2D eigenvalue weighted by Gasteiger charge is 2.41. The number of rotatable bonds is 4. The molecule has 2 aromatic rings. The molecule has 1 saturated carbocycles. The first kappa shape index (κ1) is 15.5. The number of para-hydroxylation sites is 1. The van der Waals surface area contributed by atoms with Crippen LogP contribution in [0.2, 0.25) is 0 Å². The maximum Gasteiger partial charge on any atom is 0.253 e. The second kappa shape index (κ2) is 5.82. The van der Waals surface area contributed by atoms with Crippen molar-refractivity contribution in [1.29, 1.82) is 0 Å². The van der Waals surface area contributed by atoms with Gasteiger partial charge in [0.05, 0.1) is 10.8 Å². The number of H-pyrrole nitrogens is 1. The van der Waals surface area contributed by atoms with E-state index in [4.69, 9.17) is 0 Å². The molecule has 4 rings (SSSR count). The van der Waals surface area contributed by atoms with E-state index in [9.17, 15) is 13.2 Å². The van der Waals surface area contributed by atoms with E-state index in [1.165, 1.54) is 0 Å². The fourth-order valence-corrected chi connectivity index (χ4v) is 5.02. The highest BCUT2D eigenvalue weighted by Crippen LogP contribution is 2.32. The number of carbonyl (C=O) groups is 1. The second-order valence-corrected chi connectivity index (χ2v) is 8.60. The zero-order chi connectivity index (χ0) is 16.7. The summed E-state index contributed by atoms with van der Waals surface area (Å²) in [4.78, 5) is 12.5. The molecule has 0 atom stereocenters. The summed E-state index contributed by atoms with van der Waals surface area (Å²) in [6, 6.07) is 5.25. The van der Waals surface area contributed by atoms with E-state index in [1.54, 1.807) is 22.5 Å². The minimum atomic E-state index is -3.12. The Hall–Kier alpha value is -2.00. The molecule has 128 valence electrons. The number of carbonyl (C=O) groups excluding carboxylic acids is 1. The van der Waals surface area contributed by atoms with Crippen LogP contribution >= 0.6 is 0 Å². The number of sulfonamides is 1. The van der Waals surface area contributed by atoms with Crippen molar-refractivity contribution in [1.82, 2.24) is 25.0 Å². The van der Waals surface area contributed by atoms with Gasteiger partial charge in [-0.1, -0.05) is 6.07 Å². The summed E-state index contributed by atoms with van der Waals surface area (Å²) in [5.41, 5.74) is 1.67. The summed E-state index contributed by atoms with van der Waals surface area (Å²) >= 11 is 0. The van der Waals surface area contributed by atoms with E-state index in [0.29, 0.717) is 42.5 Å². The lowest BCUT2D eigenvalue weighted by molar-refractivity contribution is 0.0925. The Kier molecular flexibility index (Phi) is 3.76. The van der Waals surface area contributed by atoms with Crippen molar-refractivity contribution in [2.75, 3.05) is 13.1 Å². The molecule has 2 N–H and O–H groups in total. The van der Waals surface area contributed by atoms with Crippen LogP contribution in [0.1, 0.15) is 36.0 Å². The average molecular weight is 349 g/mol. The molecule has 1 aromatic heterocycles. The van der Waals surface area contributed by atoms with E-state index in [-0.39, 0.29) is 17.2 Å². The SMILES string of the molecule is O=C(NC1CCN(S(=O)(=O)C2CC2)CC1)c1cccc2n[nH]nc12. The number of hydrogen-bond donors (Lipinski definition) is 2. The number of amides is 1. The molecule has 0 bridgehead atoms. The van der Waals surface area contributed by atoms with E-state index < -0.39 is 10.0 Å². The minimum Gasteiger partial charge on any atom is -0.349 e. The van der Waals surface area contributed by atoms with E-state index in [2.05, 4.69) is 20.7 Å². The van der Waals surface area contributed by atoms with Gasteiger partial charge >= 0.3 is 0 Å². The Bertz CT molecular complexity index is 866. The minimum absolute atomic E-state index is 0.0229. The summed E-state index contributed by atoms with van der Waals surface area (Å²) in [6.45, 7) is 0.940. The third kappa shape index (κ3) is 2.78. The van der Waals surface area contributed by atoms with Crippen LogP contribution in [0.25, 0.3) is 11.0 Å². The first-order valence-electron chi connectivity index (χ1n) is 8.15. The van der Waals surface area contributed by atoms with Gasteiger partial charge in [0, 0.05) is 19.1 Å². The molecule has 2 aliphatic rings. The molecular formula is C15H19N5O3S. The van der Waals surface area contributed by atoms with Crippen molar-refractivity contribution in [3.05, 3.63) is 23.8 Å². The molecule has 1 amide bonds. The van der Waals surface area contributed by atoms with Gasteiger partial charge in [0.15, 0.2) is 0 Å². The average Bonchev–Trinajstić information content (AvgIpc) is 3.33. The van der Waals surface area contributed by atoms with Gasteiger partial charge in [0.25, 0.3) is 5.91 Å². The van der Waals surface area contributed by atoms with Gasteiger partial charge < -0.3 is 5.32 Å². The number of aromatic nitrogens is 3. The summed E-state index contributed by atoms with van der Waals surface area (Å²) in [7, 11) is -3.12. The Morgan fingerprint density at radius 2 is 1.92 bits per heavy atom. The largest absolute Gasteiger partial charge is 0.349 e. The number of nitrogens with one attached hydrogen (secondary N) is 2. The third-order valence-electron chi connectivity index (χ3n) is 4.69. The molecule has 1 aliphatic carbocycles. The van der Waals surface area contributed by atoms with Crippen molar-refractivity contribution in [3.8, 4) is 0 Å². The molecule has 8 nitrogen and oxygen atoms in total. The zero-order valence-corrected chi connectivity index (χ0v) is 13.9. The molecular weight excluding hydrogens is 330 g/mol. The lowest BCUT2D eigenvalue weighted by Crippen LogP contribution is -2.47. The molecule has 1 saturated heterocycles. The highest BCUT2D eigenvalue weighted by atomic mass is 32.2. The molecule has 2 heterocycles. The van der Waals surface area contributed by atoms with Crippen LogP contribution in [0.15, 0.2) is 18.2 Å². The van der Waals surface area contributed by atoms with E-state index in [1.807, 2.05) is 0 Å². The normalized spacial score (nSPS) is 20.3. The quantitative estimate of drug-likeness (QED) is 0.842. The van der Waals surface area contributed by atoms with Crippen LogP contribution in [0.3, 0.4) is 0 Å². The van der Waals surface area contributed by atoms with Crippen molar-refractivity contribution in [3.63, 3.8) is 0 Å². The smallest absolute Gasteiger partial charge is 0.253 e. The first-order chi connectivity index (χ1) is 11.6. The zero-order valence-electron chi connectivity index (χ0n) is 13.1. The highest BCUT2D eigenvalue weighted by molar-refractivity contribution is 7.90. The number of hydrogen-bond acceptors (Lipinski definition) is 5. The Morgan fingerprint density at radius 1 is 1.17 bits per heavy atom. The first-order valence-corrected chi connectivity index (χ1v) is 9.65. The van der Waals surface area contributed by atoms with Crippen LogP contribution in [0.4, 0.5) is 0 Å². The van der Waals surface area contributed by atoms with Gasteiger partial charge in [-0.15, -0.1) is 0 Å². The molecule has 9 heteroatoms. The van der Waals surface area contributed by atoms with E-state index in [0.717, 1.165) is 12.8 Å². The second-order valence-electron chi connectivity index (χ2n) is 6.39. The van der Waals surface area contributed by atoms with Crippen molar-refractivity contribution in [2.45, 2.75) is 37.0 Å². The Balaban J connectivity index is 1.40. The van der Waals surface area contributed by atoms with Gasteiger partial charge in [-0.2, -0.15) is 15.4 Å². The van der Waals surface area contributed by atoms with Crippen molar-refractivity contribution < 1.29 is 13.2 Å². The standard InChI is InChI=1S/C15H19N5O3S/c21-15(12-2-1-3-13-14(12)18-19-17-13)16-10-6-8-20(9-7-10)24(22,23)11-4-5-11/h1-3,10-11H,4-9H2,(H,16,21)(H,17,18,19). The molecule has 1 aliphatic heterocycles. The van der Waals surface area contributed by atoms with Gasteiger partial charge in [0.1, 0.15) is 11.0 Å². The fourth-order valence-electron chi connectivity index (χ4n) is 3.15. The molecule has 24 heavy (non-hydrogen) atoms. The number of aromatic amines is 1. The van der Waals surface area contributed by atoms with Crippen LogP contribution < -0.4 is 5.32 Å². The fraction of sp³-hybridized carbons (Fsp3) is 0.533. The molecule has 0 unspecified atom stereocenters. The Labute approximate surface area is 139 Å². The summed E-state index contributed by atoms with van der Waals surface area (Å²) in [5, 5.41) is 13.3. The summed E-state index contributed by atoms with van der Waals surface area (Å²) < 4.78 is 26.0. The maximum absolute atomic E-state index is 12.5. The van der Waals surface area contributed by atoms with Gasteiger partial charge in [-0.05, 0) is 37.8 Å². The summed E-state index contributed by atoms with van der Waals surface area (Å²) in [6.07, 6.45) is 2.82. The molecule has 0 radical (unpaired) electrons. The van der Waals surface area contributed by atoms with Crippen molar-refractivity contribution in [2.24, 2.45) is 0 Å². The van der Waals surface area contributed by atoms with Crippen LogP contribution in [0, 0.1) is 0 Å². The van der Waals surface area contributed by atoms with Crippen LogP contribution in [-0.4, -0.2) is 58.4 Å². The van der Waals surface area contributed by atoms with Gasteiger partial charge in [-0.3, -0.25) is 4.79 Å². The van der Waals surface area contributed by atoms with E-state index >= 15 is 0 Å². The number of benzene rings is 1. The predicted molar refractivity (Wildman–Crippen MR) is 87.9 cm³/mol. The Morgan fingerprint density at radius 3 is 2.62 bits per heavy atom. The molecule has 0 spiro atoms. The summed E-state index contributed by atoms with van der Waals surface area (Å²) in [5.74, 6) is -0.196. The van der Waals surface area contributed by atoms with Gasteiger partial charge in [0.2, 0.25) is 10.0 Å². The molecule has 1 aromatic carbocycles. The van der Waals surface area contributed by atoms with Crippen LogP contribution in [-0.2, 0) is 10.0 Å². The third-order valence-corrected chi connectivity index (χ3v) is 7.09. The van der Waals surface area contributed by atoms with Crippen molar-refractivity contribution >= 4 is 27.0 Å². The predicted octanol–water partition coefficient (Wildman–Crippen LogP) is 0.644. The maximum atomic E-state index is 12.5. The van der Waals surface area contributed by atoms with Gasteiger partial charge in [-0.25, -0.2) is 12.7 Å².